The number of hydrogen-bond donors (Lipinski definition) is 1. The minimum atomic E-state index is -3.06. The third kappa shape index (κ3) is 4.19. The van der Waals surface area contributed by atoms with Gasteiger partial charge in [-0.25, -0.2) is 18.4 Å². The standard InChI is InChI=1S/C18H22N4O3S/c1-12-5-4-6-14(9-12)20-18-19-13(2)10-16(21-18)17(23)22(3)15-7-8-26(24,25)11-15/h4-6,9-10,15H,7-8,11H2,1-3H3,(H,19,20,21). The van der Waals surface area contributed by atoms with Crippen molar-refractivity contribution < 1.29 is 13.2 Å². The van der Waals surface area contributed by atoms with Gasteiger partial charge in [-0.05, 0) is 44.0 Å². The largest absolute Gasteiger partial charge is 0.336 e. The van der Waals surface area contributed by atoms with E-state index in [0.717, 1.165) is 11.3 Å². The second-order valence-electron chi connectivity index (χ2n) is 6.69. The summed E-state index contributed by atoms with van der Waals surface area (Å²) in [5.74, 6) is 0.169. The maximum atomic E-state index is 12.8. The number of aromatic nitrogens is 2. The van der Waals surface area contributed by atoms with E-state index >= 15 is 0 Å². The van der Waals surface area contributed by atoms with Gasteiger partial charge >= 0.3 is 0 Å². The number of nitrogens with one attached hydrogen (secondary N) is 1. The van der Waals surface area contributed by atoms with Crippen LogP contribution in [0.1, 0.15) is 28.2 Å². The molecule has 7 nitrogen and oxygen atoms in total. The molecule has 1 saturated heterocycles. The Balaban J connectivity index is 1.81. The summed E-state index contributed by atoms with van der Waals surface area (Å²) in [4.78, 5) is 22.9. The Bertz CT molecular complexity index is 943. The molecule has 8 heteroatoms. The van der Waals surface area contributed by atoms with E-state index in [1.165, 1.54) is 4.90 Å². The summed E-state index contributed by atoms with van der Waals surface area (Å²) in [6, 6.07) is 9.08. The molecular weight excluding hydrogens is 352 g/mol. The minimum Gasteiger partial charge on any atom is -0.336 e. The number of carbonyl (C=O) groups is 1. The molecule has 3 rings (SSSR count). The number of carbonyl (C=O) groups excluding carboxylic acids is 1. The summed E-state index contributed by atoms with van der Waals surface area (Å²) in [7, 11) is -1.43. The van der Waals surface area contributed by atoms with E-state index in [9.17, 15) is 13.2 Å². The van der Waals surface area contributed by atoms with Crippen LogP contribution in [0.15, 0.2) is 30.3 Å². The zero-order valence-electron chi connectivity index (χ0n) is 15.1. The Kier molecular flexibility index (Phi) is 4.95. The third-order valence-electron chi connectivity index (χ3n) is 4.42. The molecule has 1 fully saturated rings. The summed E-state index contributed by atoms with van der Waals surface area (Å²) >= 11 is 0. The van der Waals surface area contributed by atoms with E-state index < -0.39 is 9.84 Å². The molecule has 1 N–H and O–H groups in total. The number of amides is 1. The molecule has 0 spiro atoms. The van der Waals surface area contributed by atoms with E-state index in [4.69, 9.17) is 0 Å². The van der Waals surface area contributed by atoms with Crippen molar-refractivity contribution in [3.8, 4) is 0 Å². The summed E-state index contributed by atoms with van der Waals surface area (Å²) < 4.78 is 23.3. The first-order chi connectivity index (χ1) is 12.2. The Morgan fingerprint density at radius 1 is 1.23 bits per heavy atom. The molecule has 2 heterocycles. The second kappa shape index (κ2) is 7.03. The van der Waals surface area contributed by atoms with Gasteiger partial charge in [0.1, 0.15) is 5.69 Å². The van der Waals surface area contributed by atoms with Gasteiger partial charge in [0.2, 0.25) is 5.95 Å². The first-order valence-corrected chi connectivity index (χ1v) is 10.2. The van der Waals surface area contributed by atoms with Gasteiger partial charge in [0, 0.05) is 24.5 Å². The Hall–Kier alpha value is -2.48. The molecule has 0 bridgehead atoms. The summed E-state index contributed by atoms with van der Waals surface area (Å²) in [6.07, 6.45) is 0.461. The van der Waals surface area contributed by atoms with Crippen molar-refractivity contribution >= 4 is 27.4 Å². The highest BCUT2D eigenvalue weighted by Crippen LogP contribution is 2.20. The van der Waals surface area contributed by atoms with Crippen molar-refractivity contribution in [3.63, 3.8) is 0 Å². The predicted octanol–water partition coefficient (Wildman–Crippen LogP) is 2.10. The lowest BCUT2D eigenvalue weighted by Gasteiger charge is -2.23. The van der Waals surface area contributed by atoms with Crippen molar-refractivity contribution in [2.75, 3.05) is 23.9 Å². The second-order valence-corrected chi connectivity index (χ2v) is 8.91. The number of nitrogens with zero attached hydrogens (tertiary/aromatic N) is 3. The van der Waals surface area contributed by atoms with Crippen LogP contribution in [0.2, 0.25) is 0 Å². The van der Waals surface area contributed by atoms with Crippen LogP contribution in [-0.2, 0) is 9.84 Å². The lowest BCUT2D eigenvalue weighted by atomic mass is 10.2. The number of benzene rings is 1. The van der Waals surface area contributed by atoms with E-state index in [1.54, 1.807) is 20.0 Å². The van der Waals surface area contributed by atoms with Gasteiger partial charge in [-0.3, -0.25) is 4.79 Å². The van der Waals surface area contributed by atoms with Gasteiger partial charge in [-0.15, -0.1) is 0 Å². The van der Waals surface area contributed by atoms with Crippen LogP contribution in [0, 0.1) is 13.8 Å². The summed E-state index contributed by atoms with van der Waals surface area (Å²) in [5.41, 5.74) is 2.84. The Morgan fingerprint density at radius 3 is 2.65 bits per heavy atom. The van der Waals surface area contributed by atoms with E-state index in [2.05, 4.69) is 15.3 Å². The van der Waals surface area contributed by atoms with Gasteiger partial charge in [0.25, 0.3) is 5.91 Å². The van der Waals surface area contributed by atoms with Gasteiger partial charge in [-0.2, -0.15) is 0 Å². The first-order valence-electron chi connectivity index (χ1n) is 8.40. The van der Waals surface area contributed by atoms with Crippen molar-refractivity contribution in [2.45, 2.75) is 26.3 Å². The highest BCUT2D eigenvalue weighted by molar-refractivity contribution is 7.91. The number of sulfone groups is 1. The fourth-order valence-electron chi connectivity index (χ4n) is 3.01. The van der Waals surface area contributed by atoms with Crippen molar-refractivity contribution in [1.82, 2.24) is 14.9 Å². The number of hydrogen-bond acceptors (Lipinski definition) is 6. The smallest absolute Gasteiger partial charge is 0.272 e. The van der Waals surface area contributed by atoms with Gasteiger partial charge in [-0.1, -0.05) is 12.1 Å². The molecule has 1 atom stereocenters. The topological polar surface area (TPSA) is 92.3 Å². The molecule has 138 valence electrons. The van der Waals surface area contributed by atoms with Crippen LogP contribution in [0.4, 0.5) is 11.6 Å². The van der Waals surface area contributed by atoms with Crippen LogP contribution in [0.5, 0.6) is 0 Å². The average molecular weight is 374 g/mol. The highest BCUT2D eigenvalue weighted by atomic mass is 32.2. The normalized spacial score (nSPS) is 18.5. The predicted molar refractivity (Wildman–Crippen MR) is 100 cm³/mol. The number of anilines is 2. The maximum absolute atomic E-state index is 12.8. The van der Waals surface area contributed by atoms with Crippen molar-refractivity contribution in [3.05, 3.63) is 47.3 Å². The van der Waals surface area contributed by atoms with Gasteiger partial charge < -0.3 is 10.2 Å². The molecule has 1 unspecified atom stereocenters. The molecule has 1 aliphatic rings. The van der Waals surface area contributed by atoms with Crippen LogP contribution in [-0.4, -0.2) is 53.8 Å². The van der Waals surface area contributed by atoms with Gasteiger partial charge in [0.15, 0.2) is 9.84 Å². The first kappa shape index (κ1) is 18.3. The summed E-state index contributed by atoms with van der Waals surface area (Å²) in [5, 5.41) is 3.11. The van der Waals surface area contributed by atoms with E-state index in [1.807, 2.05) is 31.2 Å². The highest BCUT2D eigenvalue weighted by Gasteiger charge is 2.33. The summed E-state index contributed by atoms with van der Waals surface area (Å²) in [6.45, 7) is 3.78. The third-order valence-corrected chi connectivity index (χ3v) is 6.17. The molecule has 1 aliphatic heterocycles. The number of aryl methyl sites for hydroxylation is 2. The molecule has 0 saturated carbocycles. The van der Waals surface area contributed by atoms with E-state index in [0.29, 0.717) is 18.1 Å². The van der Waals surface area contributed by atoms with Crippen LogP contribution >= 0.6 is 0 Å². The molecule has 0 aliphatic carbocycles. The Morgan fingerprint density at radius 2 is 2.00 bits per heavy atom. The SMILES string of the molecule is Cc1cccc(Nc2nc(C)cc(C(=O)N(C)C3CCS(=O)(=O)C3)n2)c1. The zero-order valence-corrected chi connectivity index (χ0v) is 15.9. The molecule has 0 radical (unpaired) electrons. The average Bonchev–Trinajstić information content (AvgIpc) is 2.93. The van der Waals surface area contributed by atoms with E-state index in [-0.39, 0.29) is 29.1 Å². The molecule has 1 aromatic heterocycles. The van der Waals surface area contributed by atoms with Crippen LogP contribution < -0.4 is 5.32 Å². The molecule has 1 aromatic carbocycles. The maximum Gasteiger partial charge on any atom is 0.272 e. The quantitative estimate of drug-likeness (QED) is 0.881. The van der Waals surface area contributed by atoms with Crippen molar-refractivity contribution in [1.29, 1.82) is 0 Å². The lowest BCUT2D eigenvalue weighted by Crippen LogP contribution is -2.38. The molecule has 1 amide bonds. The van der Waals surface area contributed by atoms with Crippen LogP contribution in [0.25, 0.3) is 0 Å². The van der Waals surface area contributed by atoms with Gasteiger partial charge in [0.05, 0.1) is 11.5 Å². The molecule has 26 heavy (non-hydrogen) atoms. The fourth-order valence-corrected chi connectivity index (χ4v) is 4.79. The molecular formula is C18H22N4O3S. The molecule has 2 aromatic rings. The van der Waals surface area contributed by atoms with Crippen LogP contribution in [0.3, 0.4) is 0 Å². The lowest BCUT2D eigenvalue weighted by molar-refractivity contribution is 0.0741. The minimum absolute atomic E-state index is 0.00764. The monoisotopic (exact) mass is 374 g/mol. The number of rotatable bonds is 4. The zero-order chi connectivity index (χ0) is 18.9. The van der Waals surface area contributed by atoms with Crippen molar-refractivity contribution in [2.24, 2.45) is 0 Å². The fraction of sp³-hybridized carbons (Fsp3) is 0.389. The Labute approximate surface area is 153 Å².